The fourth-order valence-corrected chi connectivity index (χ4v) is 3.78. The van der Waals surface area contributed by atoms with Gasteiger partial charge < -0.3 is 20.4 Å². The molecular formula is C23H37IN6O. The Hall–Kier alpha value is -1.81. The second-order valence-corrected chi connectivity index (χ2v) is 8.20. The summed E-state index contributed by atoms with van der Waals surface area (Å²) in [6.45, 7) is 13.5. The van der Waals surface area contributed by atoms with Gasteiger partial charge in [-0.15, -0.1) is 24.0 Å². The number of nitrogens with one attached hydrogen (secondary N) is 2. The van der Waals surface area contributed by atoms with Crippen LogP contribution in [0.25, 0.3) is 0 Å². The zero-order valence-corrected chi connectivity index (χ0v) is 21.3. The minimum Gasteiger partial charge on any atom is -0.364 e. The molecular weight excluding hydrogens is 503 g/mol. The van der Waals surface area contributed by atoms with Crippen molar-refractivity contribution in [3.05, 3.63) is 42.0 Å². The summed E-state index contributed by atoms with van der Waals surface area (Å²) >= 11 is 0. The number of aliphatic imine (C=N–C) groups is 1. The number of halogens is 1. The van der Waals surface area contributed by atoms with Crippen LogP contribution in [0.3, 0.4) is 0 Å². The summed E-state index contributed by atoms with van der Waals surface area (Å²) < 4.78 is 0. The second kappa shape index (κ2) is 12.9. The predicted molar refractivity (Wildman–Crippen MR) is 139 cm³/mol. The van der Waals surface area contributed by atoms with Crippen molar-refractivity contribution >= 4 is 41.5 Å². The third-order valence-electron chi connectivity index (χ3n) is 5.35. The zero-order valence-electron chi connectivity index (χ0n) is 19.0. The first-order valence-electron chi connectivity index (χ1n) is 11.1. The standard InChI is InChI=1S/C23H36N6O.HI/c1-4-24-23(29-15-13-27(14-16-29)18-22(30)26-19(2)3)25-17-20-7-9-21(10-8-20)28-11-5-6-12-28;/h5-10,19H,4,11-18H2,1-3H3,(H,24,25)(H,26,30);1H. The van der Waals surface area contributed by atoms with Crippen molar-refractivity contribution in [1.82, 2.24) is 20.4 Å². The van der Waals surface area contributed by atoms with E-state index in [0.29, 0.717) is 13.1 Å². The number of carbonyl (C=O) groups excluding carboxylic acids is 1. The van der Waals surface area contributed by atoms with E-state index in [2.05, 4.69) is 68.7 Å². The van der Waals surface area contributed by atoms with Crippen LogP contribution >= 0.6 is 24.0 Å². The molecule has 2 heterocycles. The van der Waals surface area contributed by atoms with Crippen LogP contribution in [-0.4, -0.2) is 80.1 Å². The third kappa shape index (κ3) is 7.99. The van der Waals surface area contributed by atoms with Crippen LogP contribution in [0.15, 0.2) is 41.4 Å². The van der Waals surface area contributed by atoms with E-state index in [1.54, 1.807) is 0 Å². The van der Waals surface area contributed by atoms with E-state index in [0.717, 1.165) is 51.8 Å². The van der Waals surface area contributed by atoms with Crippen LogP contribution in [0, 0.1) is 0 Å². The summed E-state index contributed by atoms with van der Waals surface area (Å²) in [6.07, 6.45) is 4.41. The lowest BCUT2D eigenvalue weighted by Crippen LogP contribution is -2.54. The zero-order chi connectivity index (χ0) is 21.3. The number of anilines is 1. The van der Waals surface area contributed by atoms with E-state index in [1.807, 2.05) is 13.8 Å². The van der Waals surface area contributed by atoms with Gasteiger partial charge in [0.2, 0.25) is 5.91 Å². The lowest BCUT2D eigenvalue weighted by atomic mass is 10.2. The minimum absolute atomic E-state index is 0. The third-order valence-corrected chi connectivity index (χ3v) is 5.35. The molecule has 0 bridgehead atoms. The highest BCUT2D eigenvalue weighted by Crippen LogP contribution is 2.18. The number of rotatable bonds is 7. The Morgan fingerprint density at radius 1 is 1.06 bits per heavy atom. The molecule has 2 aliphatic heterocycles. The molecule has 0 saturated carbocycles. The largest absolute Gasteiger partial charge is 0.364 e. The van der Waals surface area contributed by atoms with E-state index >= 15 is 0 Å². The molecule has 2 aliphatic rings. The highest BCUT2D eigenvalue weighted by molar-refractivity contribution is 14.0. The van der Waals surface area contributed by atoms with Gasteiger partial charge in [0.15, 0.2) is 5.96 Å². The van der Waals surface area contributed by atoms with Crippen molar-refractivity contribution < 1.29 is 4.79 Å². The average molecular weight is 540 g/mol. The molecule has 0 aliphatic carbocycles. The van der Waals surface area contributed by atoms with Crippen molar-refractivity contribution in [2.75, 3.05) is 57.3 Å². The van der Waals surface area contributed by atoms with Crippen LogP contribution in [-0.2, 0) is 11.3 Å². The van der Waals surface area contributed by atoms with Gasteiger partial charge >= 0.3 is 0 Å². The molecule has 0 spiro atoms. The molecule has 1 amide bonds. The Morgan fingerprint density at radius 3 is 2.29 bits per heavy atom. The van der Waals surface area contributed by atoms with Crippen molar-refractivity contribution in [3.63, 3.8) is 0 Å². The maximum absolute atomic E-state index is 12.0. The molecule has 0 radical (unpaired) electrons. The van der Waals surface area contributed by atoms with Crippen molar-refractivity contribution in [1.29, 1.82) is 0 Å². The highest BCUT2D eigenvalue weighted by atomic mass is 127. The molecule has 7 nitrogen and oxygen atoms in total. The van der Waals surface area contributed by atoms with Gasteiger partial charge in [-0.25, -0.2) is 4.99 Å². The van der Waals surface area contributed by atoms with Crippen LogP contribution in [0.1, 0.15) is 26.3 Å². The van der Waals surface area contributed by atoms with E-state index in [9.17, 15) is 4.79 Å². The molecule has 2 N–H and O–H groups in total. The van der Waals surface area contributed by atoms with Gasteiger partial charge in [0, 0.05) is 57.5 Å². The second-order valence-electron chi connectivity index (χ2n) is 8.20. The van der Waals surface area contributed by atoms with E-state index < -0.39 is 0 Å². The number of hydrogen-bond acceptors (Lipinski definition) is 4. The summed E-state index contributed by atoms with van der Waals surface area (Å²) in [7, 11) is 0. The van der Waals surface area contributed by atoms with E-state index in [4.69, 9.17) is 4.99 Å². The van der Waals surface area contributed by atoms with Crippen molar-refractivity contribution in [3.8, 4) is 0 Å². The van der Waals surface area contributed by atoms with Gasteiger partial charge in [-0.3, -0.25) is 9.69 Å². The first kappa shape index (κ1) is 25.5. The monoisotopic (exact) mass is 540 g/mol. The number of carbonyl (C=O) groups is 1. The molecule has 1 fully saturated rings. The maximum Gasteiger partial charge on any atom is 0.234 e. The van der Waals surface area contributed by atoms with E-state index in [-0.39, 0.29) is 35.9 Å². The van der Waals surface area contributed by atoms with Gasteiger partial charge in [0.25, 0.3) is 0 Å². The lowest BCUT2D eigenvalue weighted by molar-refractivity contribution is -0.123. The molecule has 0 aromatic heterocycles. The Labute approximate surface area is 204 Å². The SMILES string of the molecule is CCNC(=NCc1ccc(N2CC=CC2)cc1)N1CCN(CC(=O)NC(C)C)CC1.I. The van der Waals surface area contributed by atoms with Gasteiger partial charge in [-0.1, -0.05) is 24.3 Å². The number of guanidine groups is 1. The smallest absolute Gasteiger partial charge is 0.234 e. The van der Waals surface area contributed by atoms with Crippen molar-refractivity contribution in [2.45, 2.75) is 33.4 Å². The van der Waals surface area contributed by atoms with Crippen molar-refractivity contribution in [2.24, 2.45) is 4.99 Å². The Balaban J connectivity index is 0.00000341. The molecule has 1 aromatic rings. The molecule has 0 atom stereocenters. The predicted octanol–water partition coefficient (Wildman–Crippen LogP) is 2.29. The Morgan fingerprint density at radius 2 is 1.71 bits per heavy atom. The number of piperazine rings is 1. The summed E-state index contributed by atoms with van der Waals surface area (Å²) in [4.78, 5) is 23.7. The molecule has 8 heteroatoms. The Bertz CT molecular complexity index is 733. The topological polar surface area (TPSA) is 63.2 Å². The summed E-state index contributed by atoms with van der Waals surface area (Å²) in [6, 6.07) is 8.91. The lowest BCUT2D eigenvalue weighted by Gasteiger charge is -2.36. The molecule has 172 valence electrons. The first-order chi connectivity index (χ1) is 14.5. The molecule has 31 heavy (non-hydrogen) atoms. The maximum atomic E-state index is 12.0. The quantitative estimate of drug-likeness (QED) is 0.241. The summed E-state index contributed by atoms with van der Waals surface area (Å²) in [5, 5.41) is 6.39. The van der Waals surface area contributed by atoms with Crippen LogP contribution in [0.5, 0.6) is 0 Å². The number of nitrogens with zero attached hydrogens (tertiary/aromatic N) is 4. The van der Waals surface area contributed by atoms with Crippen LogP contribution < -0.4 is 15.5 Å². The minimum atomic E-state index is 0. The number of benzene rings is 1. The van der Waals surface area contributed by atoms with Gasteiger partial charge in [0.1, 0.15) is 0 Å². The van der Waals surface area contributed by atoms with Gasteiger partial charge in [0.05, 0.1) is 13.1 Å². The van der Waals surface area contributed by atoms with Crippen LogP contribution in [0.4, 0.5) is 5.69 Å². The van der Waals surface area contributed by atoms with Gasteiger partial charge in [-0.2, -0.15) is 0 Å². The average Bonchev–Trinajstić information content (AvgIpc) is 3.26. The fraction of sp³-hybridized carbons (Fsp3) is 0.565. The normalized spacial score (nSPS) is 17.1. The number of hydrogen-bond donors (Lipinski definition) is 2. The summed E-state index contributed by atoms with van der Waals surface area (Å²) in [5.74, 6) is 1.06. The fourth-order valence-electron chi connectivity index (χ4n) is 3.78. The first-order valence-corrected chi connectivity index (χ1v) is 11.1. The molecule has 1 aromatic carbocycles. The number of amides is 1. The molecule has 1 saturated heterocycles. The highest BCUT2D eigenvalue weighted by Gasteiger charge is 2.21. The van der Waals surface area contributed by atoms with Crippen LogP contribution in [0.2, 0.25) is 0 Å². The van der Waals surface area contributed by atoms with Gasteiger partial charge in [-0.05, 0) is 38.5 Å². The Kier molecular flexibility index (Phi) is 10.6. The van der Waals surface area contributed by atoms with E-state index in [1.165, 1.54) is 11.3 Å². The molecule has 3 rings (SSSR count). The molecule has 0 unspecified atom stereocenters. The summed E-state index contributed by atoms with van der Waals surface area (Å²) in [5.41, 5.74) is 2.47.